The molecule has 0 aliphatic carbocycles. The first-order valence-electron chi connectivity index (χ1n) is 8.71. The Morgan fingerprint density at radius 2 is 2.08 bits per heavy atom. The fourth-order valence-corrected chi connectivity index (χ4v) is 3.83. The van der Waals surface area contributed by atoms with Gasteiger partial charge in [-0.2, -0.15) is 0 Å². The van der Waals surface area contributed by atoms with Crippen LogP contribution in [0.15, 0.2) is 47.2 Å². The first-order valence-corrected chi connectivity index (χ1v) is 8.71. The Hall–Kier alpha value is -2.69. The highest BCUT2D eigenvalue weighted by molar-refractivity contribution is 5.96. The van der Waals surface area contributed by atoms with Gasteiger partial charge in [-0.15, -0.1) is 0 Å². The third-order valence-electron chi connectivity index (χ3n) is 5.30. The Bertz CT molecular complexity index is 902. The van der Waals surface area contributed by atoms with Gasteiger partial charge >= 0.3 is 0 Å². The number of fused-ring (bicyclic) bond motifs is 1. The first-order chi connectivity index (χ1) is 12.1. The summed E-state index contributed by atoms with van der Waals surface area (Å²) in [5, 5.41) is 0. The van der Waals surface area contributed by atoms with Gasteiger partial charge < -0.3 is 18.5 Å². The van der Waals surface area contributed by atoms with Gasteiger partial charge in [0, 0.05) is 36.4 Å². The number of aryl methyl sites for hydroxylation is 1. The van der Waals surface area contributed by atoms with Crippen molar-refractivity contribution < 1.29 is 9.21 Å². The SMILES string of the molecule is Cc1cc(C(=O)N2CCn3cccc3C2C)c(C)n1Cc1ccco1. The molecule has 3 aromatic rings. The molecule has 1 unspecified atom stereocenters. The second kappa shape index (κ2) is 5.99. The minimum absolute atomic E-state index is 0.0874. The zero-order chi connectivity index (χ0) is 17.6. The Labute approximate surface area is 147 Å². The van der Waals surface area contributed by atoms with Crippen molar-refractivity contribution in [2.75, 3.05) is 6.54 Å². The smallest absolute Gasteiger partial charge is 0.256 e. The molecule has 1 aliphatic heterocycles. The van der Waals surface area contributed by atoms with Crippen LogP contribution in [0.5, 0.6) is 0 Å². The van der Waals surface area contributed by atoms with E-state index in [9.17, 15) is 4.79 Å². The summed E-state index contributed by atoms with van der Waals surface area (Å²) in [7, 11) is 0. The molecule has 0 radical (unpaired) electrons. The summed E-state index contributed by atoms with van der Waals surface area (Å²) >= 11 is 0. The largest absolute Gasteiger partial charge is 0.467 e. The summed E-state index contributed by atoms with van der Waals surface area (Å²) in [6.07, 6.45) is 3.77. The maximum absolute atomic E-state index is 13.2. The van der Waals surface area contributed by atoms with Crippen molar-refractivity contribution in [1.29, 1.82) is 0 Å². The highest BCUT2D eigenvalue weighted by Crippen LogP contribution is 2.28. The molecule has 25 heavy (non-hydrogen) atoms. The van der Waals surface area contributed by atoms with Crippen LogP contribution >= 0.6 is 0 Å². The quantitative estimate of drug-likeness (QED) is 0.730. The molecule has 4 rings (SSSR count). The maximum atomic E-state index is 13.2. The second-order valence-corrected chi connectivity index (χ2v) is 6.75. The van der Waals surface area contributed by atoms with Gasteiger partial charge in [0.15, 0.2) is 0 Å². The molecule has 3 aromatic heterocycles. The lowest BCUT2D eigenvalue weighted by molar-refractivity contribution is 0.0643. The highest BCUT2D eigenvalue weighted by Gasteiger charge is 2.30. The summed E-state index contributed by atoms with van der Waals surface area (Å²) in [5.74, 6) is 1.00. The molecule has 1 atom stereocenters. The van der Waals surface area contributed by atoms with Gasteiger partial charge in [-0.05, 0) is 51.1 Å². The molecule has 0 N–H and O–H groups in total. The molecule has 0 saturated carbocycles. The van der Waals surface area contributed by atoms with Crippen LogP contribution in [0.2, 0.25) is 0 Å². The molecule has 1 aliphatic rings. The summed E-state index contributed by atoms with van der Waals surface area (Å²) in [4.78, 5) is 15.2. The van der Waals surface area contributed by atoms with Crippen LogP contribution in [-0.4, -0.2) is 26.5 Å². The number of rotatable bonds is 3. The average Bonchev–Trinajstić information content (AvgIpc) is 3.32. The summed E-state index contributed by atoms with van der Waals surface area (Å²) in [5.41, 5.74) is 4.05. The van der Waals surface area contributed by atoms with Crippen LogP contribution in [0.4, 0.5) is 0 Å². The van der Waals surface area contributed by atoms with E-state index in [1.165, 1.54) is 5.69 Å². The lowest BCUT2D eigenvalue weighted by Gasteiger charge is -2.35. The van der Waals surface area contributed by atoms with E-state index in [1.807, 2.05) is 36.9 Å². The predicted molar refractivity (Wildman–Crippen MR) is 95.6 cm³/mol. The monoisotopic (exact) mass is 337 g/mol. The van der Waals surface area contributed by atoms with E-state index in [2.05, 4.69) is 34.4 Å². The van der Waals surface area contributed by atoms with Crippen molar-refractivity contribution >= 4 is 5.91 Å². The fourth-order valence-electron chi connectivity index (χ4n) is 3.83. The van der Waals surface area contributed by atoms with Crippen molar-refractivity contribution in [2.45, 2.75) is 39.9 Å². The number of hydrogen-bond acceptors (Lipinski definition) is 2. The van der Waals surface area contributed by atoms with Crippen LogP contribution in [0.25, 0.3) is 0 Å². The minimum atomic E-state index is 0.0874. The molecule has 130 valence electrons. The molecule has 0 fully saturated rings. The molecule has 0 aromatic carbocycles. The molecule has 1 amide bonds. The molecule has 0 saturated heterocycles. The van der Waals surface area contributed by atoms with Crippen LogP contribution < -0.4 is 0 Å². The number of nitrogens with zero attached hydrogens (tertiary/aromatic N) is 3. The first kappa shape index (κ1) is 15.8. The zero-order valence-electron chi connectivity index (χ0n) is 14.9. The number of carbonyl (C=O) groups excluding carboxylic acids is 1. The van der Waals surface area contributed by atoms with Gasteiger partial charge in [0.25, 0.3) is 5.91 Å². The number of aromatic nitrogens is 2. The van der Waals surface area contributed by atoms with Gasteiger partial charge in [-0.1, -0.05) is 0 Å². The number of hydrogen-bond donors (Lipinski definition) is 0. The molecule has 0 spiro atoms. The van der Waals surface area contributed by atoms with E-state index in [-0.39, 0.29) is 11.9 Å². The maximum Gasteiger partial charge on any atom is 0.256 e. The van der Waals surface area contributed by atoms with Gasteiger partial charge in [0.1, 0.15) is 5.76 Å². The molecular weight excluding hydrogens is 314 g/mol. The van der Waals surface area contributed by atoms with E-state index in [1.54, 1.807) is 6.26 Å². The second-order valence-electron chi connectivity index (χ2n) is 6.75. The van der Waals surface area contributed by atoms with Crippen LogP contribution in [0, 0.1) is 13.8 Å². The van der Waals surface area contributed by atoms with Crippen LogP contribution in [0.1, 0.15) is 46.2 Å². The number of carbonyl (C=O) groups is 1. The van der Waals surface area contributed by atoms with Crippen molar-refractivity contribution in [1.82, 2.24) is 14.0 Å². The lowest BCUT2D eigenvalue weighted by Crippen LogP contribution is -2.40. The minimum Gasteiger partial charge on any atom is -0.467 e. The Morgan fingerprint density at radius 1 is 1.24 bits per heavy atom. The Morgan fingerprint density at radius 3 is 2.84 bits per heavy atom. The van der Waals surface area contributed by atoms with E-state index >= 15 is 0 Å². The van der Waals surface area contributed by atoms with E-state index in [4.69, 9.17) is 4.42 Å². The standard InChI is InChI=1S/C20H23N3O2/c1-14-12-18(15(2)23(14)13-17-6-5-11-25-17)20(24)22-10-9-21-8-4-7-19(21)16(22)3/h4-8,11-12,16H,9-10,13H2,1-3H3. The average molecular weight is 337 g/mol. The zero-order valence-corrected chi connectivity index (χ0v) is 14.9. The third-order valence-corrected chi connectivity index (χ3v) is 5.30. The van der Waals surface area contributed by atoms with Crippen LogP contribution in [-0.2, 0) is 13.1 Å². The molecule has 0 bridgehead atoms. The number of amides is 1. The van der Waals surface area contributed by atoms with Gasteiger partial charge in [0.05, 0.1) is 24.4 Å². The predicted octanol–water partition coefficient (Wildman–Crippen LogP) is 3.76. The number of furan rings is 1. The van der Waals surface area contributed by atoms with Crippen LogP contribution in [0.3, 0.4) is 0 Å². The van der Waals surface area contributed by atoms with Crippen molar-refractivity contribution in [3.8, 4) is 0 Å². The molecule has 4 heterocycles. The molecule has 5 heteroatoms. The van der Waals surface area contributed by atoms with E-state index < -0.39 is 0 Å². The lowest BCUT2D eigenvalue weighted by atomic mass is 10.1. The van der Waals surface area contributed by atoms with Crippen molar-refractivity contribution in [3.63, 3.8) is 0 Å². The van der Waals surface area contributed by atoms with E-state index in [0.29, 0.717) is 6.54 Å². The third kappa shape index (κ3) is 2.60. The highest BCUT2D eigenvalue weighted by atomic mass is 16.3. The summed E-state index contributed by atoms with van der Waals surface area (Å²) < 4.78 is 9.83. The topological polar surface area (TPSA) is 43.3 Å². The van der Waals surface area contributed by atoms with Gasteiger partial charge in [-0.3, -0.25) is 4.79 Å². The normalized spacial score (nSPS) is 16.9. The van der Waals surface area contributed by atoms with E-state index in [0.717, 1.165) is 35.8 Å². The fraction of sp³-hybridized carbons (Fsp3) is 0.350. The molecular formula is C20H23N3O2. The van der Waals surface area contributed by atoms with Crippen molar-refractivity contribution in [3.05, 3.63) is 71.2 Å². The van der Waals surface area contributed by atoms with Gasteiger partial charge in [-0.25, -0.2) is 0 Å². The Balaban J connectivity index is 1.63. The van der Waals surface area contributed by atoms with Crippen molar-refractivity contribution in [2.24, 2.45) is 0 Å². The molecule has 5 nitrogen and oxygen atoms in total. The van der Waals surface area contributed by atoms with Gasteiger partial charge in [0.2, 0.25) is 0 Å². The Kier molecular flexibility index (Phi) is 3.79. The summed E-state index contributed by atoms with van der Waals surface area (Å²) in [6, 6.07) is 10.1. The summed E-state index contributed by atoms with van der Waals surface area (Å²) in [6.45, 7) is 8.40.